The third kappa shape index (κ3) is 4.62. The molecule has 0 atom stereocenters. The molecular formula is C15H16N2O5. The van der Waals surface area contributed by atoms with E-state index in [1.165, 1.54) is 0 Å². The highest BCUT2D eigenvalue weighted by molar-refractivity contribution is 5.92. The third-order valence-electron chi connectivity index (χ3n) is 2.77. The van der Waals surface area contributed by atoms with E-state index in [-0.39, 0.29) is 18.8 Å². The predicted molar refractivity (Wildman–Crippen MR) is 77.5 cm³/mol. The van der Waals surface area contributed by atoms with E-state index in [0.29, 0.717) is 11.5 Å². The molecule has 0 bridgehead atoms. The predicted octanol–water partition coefficient (Wildman–Crippen LogP) is 1.72. The molecule has 0 aliphatic carbocycles. The Kier molecular flexibility index (Phi) is 5.13. The molecule has 2 rings (SSSR count). The molecule has 2 aromatic rings. The first-order valence-corrected chi connectivity index (χ1v) is 6.58. The van der Waals surface area contributed by atoms with Gasteiger partial charge in [-0.1, -0.05) is 17.3 Å². The Morgan fingerprint density at radius 3 is 2.59 bits per heavy atom. The van der Waals surface area contributed by atoms with Gasteiger partial charge in [-0.25, -0.2) is 0 Å². The fourth-order valence-electron chi connectivity index (χ4n) is 1.71. The van der Waals surface area contributed by atoms with E-state index in [9.17, 15) is 9.59 Å². The highest BCUT2D eigenvalue weighted by Crippen LogP contribution is 2.12. The molecular weight excluding hydrogens is 288 g/mol. The maximum Gasteiger partial charge on any atom is 0.310 e. The van der Waals surface area contributed by atoms with Gasteiger partial charge in [0.05, 0.1) is 13.5 Å². The van der Waals surface area contributed by atoms with E-state index in [1.54, 1.807) is 44.4 Å². The first kappa shape index (κ1) is 15.6. The average Bonchev–Trinajstić information content (AvgIpc) is 2.91. The molecule has 0 saturated heterocycles. The molecule has 22 heavy (non-hydrogen) atoms. The molecule has 0 spiro atoms. The monoisotopic (exact) mass is 304 g/mol. The zero-order chi connectivity index (χ0) is 15.9. The quantitative estimate of drug-likeness (QED) is 0.817. The van der Waals surface area contributed by atoms with Gasteiger partial charge in [-0.15, -0.1) is 0 Å². The first-order valence-electron chi connectivity index (χ1n) is 6.58. The van der Waals surface area contributed by atoms with Crippen molar-refractivity contribution in [1.29, 1.82) is 0 Å². The molecule has 116 valence electrons. The summed E-state index contributed by atoms with van der Waals surface area (Å²) >= 11 is 0. The minimum absolute atomic E-state index is 0.0837. The maximum atomic E-state index is 11.7. The fourth-order valence-corrected chi connectivity index (χ4v) is 1.71. The van der Waals surface area contributed by atoms with Crippen LogP contribution in [0.15, 0.2) is 34.9 Å². The minimum atomic E-state index is -0.489. The van der Waals surface area contributed by atoms with E-state index >= 15 is 0 Å². The summed E-state index contributed by atoms with van der Waals surface area (Å²) < 4.78 is 14.7. The molecule has 1 heterocycles. The number of aromatic nitrogens is 1. The van der Waals surface area contributed by atoms with Crippen molar-refractivity contribution < 1.29 is 23.6 Å². The van der Waals surface area contributed by atoms with Gasteiger partial charge in [0.1, 0.15) is 11.5 Å². The lowest BCUT2D eigenvalue weighted by Crippen LogP contribution is -2.21. The second-order valence-electron chi connectivity index (χ2n) is 4.56. The molecule has 1 aromatic heterocycles. The van der Waals surface area contributed by atoms with Crippen LogP contribution in [0.1, 0.15) is 11.3 Å². The smallest absolute Gasteiger partial charge is 0.310 e. The van der Waals surface area contributed by atoms with Crippen LogP contribution < -0.4 is 10.1 Å². The number of benzene rings is 1. The van der Waals surface area contributed by atoms with Crippen LogP contribution in [0.4, 0.5) is 5.82 Å². The van der Waals surface area contributed by atoms with Crippen LogP contribution in [0, 0.1) is 6.92 Å². The summed E-state index contributed by atoms with van der Waals surface area (Å²) in [4.78, 5) is 23.2. The van der Waals surface area contributed by atoms with Crippen LogP contribution in [-0.4, -0.2) is 30.7 Å². The zero-order valence-electron chi connectivity index (χ0n) is 12.3. The van der Waals surface area contributed by atoms with Crippen LogP contribution in [0.5, 0.6) is 5.75 Å². The zero-order valence-corrected chi connectivity index (χ0v) is 12.3. The van der Waals surface area contributed by atoms with Gasteiger partial charge < -0.3 is 19.3 Å². The number of amides is 1. The Balaban J connectivity index is 1.75. The van der Waals surface area contributed by atoms with Gasteiger partial charge in [-0.05, 0) is 24.6 Å². The molecule has 1 aromatic carbocycles. The second-order valence-corrected chi connectivity index (χ2v) is 4.56. The number of methoxy groups -OCH3 is 1. The Morgan fingerprint density at radius 2 is 2.00 bits per heavy atom. The van der Waals surface area contributed by atoms with Gasteiger partial charge in [0.15, 0.2) is 12.4 Å². The molecule has 0 aliphatic rings. The van der Waals surface area contributed by atoms with Crippen molar-refractivity contribution in [2.75, 3.05) is 19.0 Å². The van der Waals surface area contributed by atoms with Gasteiger partial charge >= 0.3 is 5.97 Å². The van der Waals surface area contributed by atoms with E-state index in [0.717, 1.165) is 5.56 Å². The lowest BCUT2D eigenvalue weighted by Gasteiger charge is -2.05. The van der Waals surface area contributed by atoms with Crippen molar-refractivity contribution in [3.63, 3.8) is 0 Å². The molecule has 0 aliphatic heterocycles. The Labute approximate surface area is 127 Å². The van der Waals surface area contributed by atoms with Crippen molar-refractivity contribution in [3.8, 4) is 5.75 Å². The molecule has 0 fully saturated rings. The van der Waals surface area contributed by atoms with E-state index in [2.05, 4.69) is 10.5 Å². The summed E-state index contributed by atoms with van der Waals surface area (Å²) in [5, 5.41) is 6.07. The molecule has 0 unspecified atom stereocenters. The SMILES string of the molecule is COc1ccc(CC(=O)OCC(=O)Nc2cc(C)on2)cc1. The van der Waals surface area contributed by atoms with E-state index < -0.39 is 11.9 Å². The molecule has 0 saturated carbocycles. The van der Waals surface area contributed by atoms with E-state index in [1.807, 2.05) is 0 Å². The summed E-state index contributed by atoms with van der Waals surface area (Å²) in [6.45, 7) is 1.33. The fraction of sp³-hybridized carbons (Fsp3) is 0.267. The summed E-state index contributed by atoms with van der Waals surface area (Å²) in [5.74, 6) is 0.605. The number of anilines is 1. The number of carbonyl (C=O) groups is 2. The minimum Gasteiger partial charge on any atom is -0.497 e. The summed E-state index contributed by atoms with van der Waals surface area (Å²) in [6, 6.07) is 8.60. The number of hydrogen-bond donors (Lipinski definition) is 1. The summed E-state index contributed by atoms with van der Waals surface area (Å²) in [5.41, 5.74) is 0.776. The Bertz CT molecular complexity index is 648. The third-order valence-corrected chi connectivity index (χ3v) is 2.77. The van der Waals surface area contributed by atoms with Gasteiger partial charge in [0, 0.05) is 6.07 Å². The lowest BCUT2D eigenvalue weighted by molar-refractivity contribution is -0.146. The molecule has 0 radical (unpaired) electrons. The number of ether oxygens (including phenoxy) is 2. The lowest BCUT2D eigenvalue weighted by atomic mass is 10.1. The first-order chi connectivity index (χ1) is 10.6. The van der Waals surface area contributed by atoms with Crippen molar-refractivity contribution in [3.05, 3.63) is 41.7 Å². The Hall–Kier alpha value is -2.83. The van der Waals surface area contributed by atoms with Crippen molar-refractivity contribution in [1.82, 2.24) is 5.16 Å². The van der Waals surface area contributed by atoms with Crippen LogP contribution in [0.2, 0.25) is 0 Å². The number of nitrogens with zero attached hydrogens (tertiary/aromatic N) is 1. The standard InChI is InChI=1S/C15H16N2O5/c1-10-7-13(17-22-10)16-14(18)9-21-15(19)8-11-3-5-12(20-2)6-4-11/h3-7H,8-9H2,1-2H3,(H,16,17,18). The molecule has 1 N–H and O–H groups in total. The van der Waals surface area contributed by atoms with Gasteiger partial charge in [0.25, 0.3) is 5.91 Å². The highest BCUT2D eigenvalue weighted by atomic mass is 16.5. The van der Waals surface area contributed by atoms with Crippen LogP contribution >= 0.6 is 0 Å². The average molecular weight is 304 g/mol. The van der Waals surface area contributed by atoms with Gasteiger partial charge in [-0.2, -0.15) is 0 Å². The van der Waals surface area contributed by atoms with Crippen molar-refractivity contribution in [2.45, 2.75) is 13.3 Å². The highest BCUT2D eigenvalue weighted by Gasteiger charge is 2.10. The van der Waals surface area contributed by atoms with E-state index in [4.69, 9.17) is 14.0 Å². The Morgan fingerprint density at radius 1 is 1.27 bits per heavy atom. The maximum absolute atomic E-state index is 11.7. The summed E-state index contributed by atoms with van der Waals surface area (Å²) in [6.07, 6.45) is 0.0837. The van der Waals surface area contributed by atoms with Crippen molar-refractivity contribution >= 4 is 17.7 Å². The normalized spacial score (nSPS) is 10.1. The van der Waals surface area contributed by atoms with Crippen LogP contribution in [0.3, 0.4) is 0 Å². The number of rotatable bonds is 6. The number of esters is 1. The molecule has 1 amide bonds. The number of hydrogen-bond acceptors (Lipinski definition) is 6. The number of carbonyl (C=O) groups excluding carboxylic acids is 2. The van der Waals surface area contributed by atoms with Crippen molar-refractivity contribution in [2.24, 2.45) is 0 Å². The second kappa shape index (κ2) is 7.26. The number of aryl methyl sites for hydroxylation is 1. The topological polar surface area (TPSA) is 90.7 Å². The summed E-state index contributed by atoms with van der Waals surface area (Å²) in [7, 11) is 1.57. The van der Waals surface area contributed by atoms with Gasteiger partial charge in [-0.3, -0.25) is 9.59 Å². The number of nitrogens with one attached hydrogen (secondary N) is 1. The molecule has 7 heteroatoms. The van der Waals surface area contributed by atoms with Gasteiger partial charge in [0.2, 0.25) is 0 Å². The largest absolute Gasteiger partial charge is 0.497 e. The van der Waals surface area contributed by atoms with Crippen LogP contribution in [-0.2, 0) is 20.7 Å². The molecule has 7 nitrogen and oxygen atoms in total. The van der Waals surface area contributed by atoms with Crippen LogP contribution in [0.25, 0.3) is 0 Å².